The molecular weight excluding hydrogens is 257 g/mol. The molecule has 3 nitrogen and oxygen atoms in total. The van der Waals surface area contributed by atoms with Gasteiger partial charge in [0.05, 0.1) is 12.0 Å². The van der Waals surface area contributed by atoms with Crippen molar-refractivity contribution in [1.29, 1.82) is 0 Å². The Morgan fingerprint density at radius 3 is 2.32 bits per heavy atom. The Balaban J connectivity index is 2.56. The number of halogens is 3. The van der Waals surface area contributed by atoms with E-state index in [0.717, 1.165) is 0 Å². The molecular formula is C13H23F3N2O. The summed E-state index contributed by atoms with van der Waals surface area (Å²) in [6.07, 6.45) is -2.97. The molecule has 3 N–H and O–H groups in total. The second-order valence-electron chi connectivity index (χ2n) is 6.45. The standard InChI is InChI=1S/C13H23F3N2O/c1-12(2,3)10(17)11(19)18-9-6-4-5-8(7-9)13(14,15)16/h8-10H,4-7,17H2,1-3H3,(H,18,19)/t8?,9?,10-/m1/s1. The number of amides is 1. The number of carbonyl (C=O) groups excluding carboxylic acids is 1. The molecule has 1 aliphatic carbocycles. The first-order valence-electron chi connectivity index (χ1n) is 6.64. The molecule has 1 fully saturated rings. The van der Waals surface area contributed by atoms with Crippen molar-refractivity contribution in [3.63, 3.8) is 0 Å². The van der Waals surface area contributed by atoms with Crippen molar-refractivity contribution in [3.8, 4) is 0 Å². The maximum absolute atomic E-state index is 12.7. The van der Waals surface area contributed by atoms with E-state index in [9.17, 15) is 18.0 Å². The second kappa shape index (κ2) is 5.69. The first kappa shape index (κ1) is 16.3. The Labute approximate surface area is 112 Å². The minimum absolute atomic E-state index is 0.0356. The van der Waals surface area contributed by atoms with Crippen LogP contribution in [0, 0.1) is 11.3 Å². The van der Waals surface area contributed by atoms with Crippen molar-refractivity contribution in [2.45, 2.75) is 64.7 Å². The molecule has 3 atom stereocenters. The SMILES string of the molecule is CC(C)(C)[C@H](N)C(=O)NC1CCCC(C(F)(F)F)C1. The van der Waals surface area contributed by atoms with Gasteiger partial charge in [0, 0.05) is 6.04 Å². The highest BCUT2D eigenvalue weighted by Gasteiger charge is 2.42. The van der Waals surface area contributed by atoms with Crippen molar-refractivity contribution in [2.24, 2.45) is 17.1 Å². The van der Waals surface area contributed by atoms with E-state index >= 15 is 0 Å². The molecule has 19 heavy (non-hydrogen) atoms. The number of nitrogens with two attached hydrogens (primary N) is 1. The number of carbonyl (C=O) groups is 1. The maximum Gasteiger partial charge on any atom is 0.391 e. The fourth-order valence-corrected chi connectivity index (χ4v) is 2.30. The van der Waals surface area contributed by atoms with Gasteiger partial charge in [-0.2, -0.15) is 13.2 Å². The quantitative estimate of drug-likeness (QED) is 0.817. The van der Waals surface area contributed by atoms with Crippen LogP contribution >= 0.6 is 0 Å². The number of rotatable bonds is 2. The van der Waals surface area contributed by atoms with Gasteiger partial charge in [-0.3, -0.25) is 4.79 Å². The number of alkyl halides is 3. The summed E-state index contributed by atoms with van der Waals surface area (Å²) in [6, 6.07) is -1.12. The third-order valence-electron chi connectivity index (χ3n) is 3.70. The van der Waals surface area contributed by atoms with Crippen LogP contribution in [0.2, 0.25) is 0 Å². The topological polar surface area (TPSA) is 55.1 Å². The van der Waals surface area contributed by atoms with E-state index in [-0.39, 0.29) is 18.7 Å². The van der Waals surface area contributed by atoms with Crippen LogP contribution in [0.15, 0.2) is 0 Å². The van der Waals surface area contributed by atoms with E-state index in [1.54, 1.807) is 0 Å². The van der Waals surface area contributed by atoms with Gasteiger partial charge in [-0.15, -0.1) is 0 Å². The summed E-state index contributed by atoms with van der Waals surface area (Å²) in [6.45, 7) is 5.49. The highest BCUT2D eigenvalue weighted by atomic mass is 19.4. The van der Waals surface area contributed by atoms with Gasteiger partial charge in [-0.05, 0) is 24.7 Å². The van der Waals surface area contributed by atoms with Crippen molar-refractivity contribution < 1.29 is 18.0 Å². The molecule has 0 aromatic carbocycles. The smallest absolute Gasteiger partial charge is 0.352 e. The van der Waals surface area contributed by atoms with Crippen molar-refractivity contribution in [2.75, 3.05) is 0 Å². The predicted octanol–water partition coefficient (Wildman–Crippen LogP) is 2.60. The molecule has 1 aliphatic rings. The minimum Gasteiger partial charge on any atom is -0.352 e. The van der Waals surface area contributed by atoms with Crippen LogP contribution in [0.3, 0.4) is 0 Å². The van der Waals surface area contributed by atoms with Crippen molar-refractivity contribution >= 4 is 5.91 Å². The van der Waals surface area contributed by atoms with E-state index in [0.29, 0.717) is 12.8 Å². The lowest BCUT2D eigenvalue weighted by Gasteiger charge is -2.33. The molecule has 0 radical (unpaired) electrons. The van der Waals surface area contributed by atoms with Crippen molar-refractivity contribution in [3.05, 3.63) is 0 Å². The van der Waals surface area contributed by atoms with E-state index < -0.39 is 29.6 Å². The molecule has 2 unspecified atom stereocenters. The summed E-state index contributed by atoms with van der Waals surface area (Å²) in [5, 5.41) is 2.66. The first-order chi connectivity index (χ1) is 8.51. The molecule has 0 aromatic rings. The van der Waals surface area contributed by atoms with Crippen LogP contribution in [0.1, 0.15) is 46.5 Å². The Morgan fingerprint density at radius 1 is 1.26 bits per heavy atom. The zero-order valence-electron chi connectivity index (χ0n) is 11.7. The monoisotopic (exact) mass is 280 g/mol. The van der Waals surface area contributed by atoms with Crippen molar-refractivity contribution in [1.82, 2.24) is 5.32 Å². The third kappa shape index (κ3) is 4.67. The van der Waals surface area contributed by atoms with Gasteiger partial charge in [-0.25, -0.2) is 0 Å². The Morgan fingerprint density at radius 2 is 1.84 bits per heavy atom. The van der Waals surface area contributed by atoms with E-state index in [2.05, 4.69) is 5.32 Å². The van der Waals surface area contributed by atoms with Gasteiger partial charge < -0.3 is 11.1 Å². The Bertz CT molecular complexity index is 323. The van der Waals surface area contributed by atoms with Crippen LogP contribution in [-0.4, -0.2) is 24.2 Å². The van der Waals surface area contributed by atoms with E-state index in [1.807, 2.05) is 20.8 Å². The number of hydrogen-bond acceptors (Lipinski definition) is 2. The average molecular weight is 280 g/mol. The molecule has 0 aromatic heterocycles. The third-order valence-corrected chi connectivity index (χ3v) is 3.70. The summed E-state index contributed by atoms with van der Waals surface area (Å²) in [7, 11) is 0. The zero-order chi connectivity index (χ0) is 14.8. The number of nitrogens with one attached hydrogen (secondary N) is 1. The van der Waals surface area contributed by atoms with Crippen LogP contribution < -0.4 is 11.1 Å². The molecule has 0 bridgehead atoms. The molecule has 6 heteroatoms. The molecule has 0 aliphatic heterocycles. The van der Waals surface area contributed by atoms with Gasteiger partial charge >= 0.3 is 6.18 Å². The fourth-order valence-electron chi connectivity index (χ4n) is 2.30. The molecule has 1 amide bonds. The normalized spacial score (nSPS) is 26.9. The summed E-state index contributed by atoms with van der Waals surface area (Å²) in [5.74, 6) is -1.67. The second-order valence-corrected chi connectivity index (χ2v) is 6.45. The first-order valence-corrected chi connectivity index (χ1v) is 6.64. The van der Waals surface area contributed by atoms with E-state index in [1.165, 1.54) is 0 Å². The van der Waals surface area contributed by atoms with Crippen LogP contribution in [0.5, 0.6) is 0 Å². The molecule has 1 rings (SSSR count). The van der Waals surface area contributed by atoms with Gasteiger partial charge in [0.15, 0.2) is 0 Å². The van der Waals surface area contributed by atoms with Gasteiger partial charge in [0.25, 0.3) is 0 Å². The average Bonchev–Trinajstić information content (AvgIpc) is 2.26. The van der Waals surface area contributed by atoms with Crippen LogP contribution in [-0.2, 0) is 4.79 Å². The number of hydrogen-bond donors (Lipinski definition) is 2. The molecule has 112 valence electrons. The van der Waals surface area contributed by atoms with E-state index in [4.69, 9.17) is 5.73 Å². The Hall–Kier alpha value is -0.780. The summed E-state index contributed by atoms with van der Waals surface area (Å²) >= 11 is 0. The lowest BCUT2D eigenvalue weighted by Crippen LogP contribution is -2.52. The minimum atomic E-state index is -4.17. The molecule has 0 heterocycles. The van der Waals surface area contributed by atoms with Crippen LogP contribution in [0.25, 0.3) is 0 Å². The highest BCUT2D eigenvalue weighted by Crippen LogP contribution is 2.37. The Kier molecular flexibility index (Phi) is 4.87. The van der Waals surface area contributed by atoms with Crippen LogP contribution in [0.4, 0.5) is 13.2 Å². The predicted molar refractivity (Wildman–Crippen MR) is 67.4 cm³/mol. The molecule has 0 spiro atoms. The zero-order valence-corrected chi connectivity index (χ0v) is 11.7. The summed E-state index contributed by atoms with van der Waals surface area (Å²) < 4.78 is 38.0. The van der Waals surface area contributed by atoms with Gasteiger partial charge in [0.2, 0.25) is 5.91 Å². The summed E-state index contributed by atoms with van der Waals surface area (Å²) in [5.41, 5.74) is 5.40. The highest BCUT2D eigenvalue weighted by molar-refractivity contribution is 5.82. The van der Waals surface area contributed by atoms with Gasteiger partial charge in [0.1, 0.15) is 0 Å². The fraction of sp³-hybridized carbons (Fsp3) is 0.923. The molecule has 0 saturated heterocycles. The summed E-state index contributed by atoms with van der Waals surface area (Å²) in [4.78, 5) is 11.9. The lowest BCUT2D eigenvalue weighted by molar-refractivity contribution is -0.184. The maximum atomic E-state index is 12.7. The molecule has 1 saturated carbocycles. The largest absolute Gasteiger partial charge is 0.391 e. The lowest BCUT2D eigenvalue weighted by atomic mass is 9.83. The van der Waals surface area contributed by atoms with Gasteiger partial charge in [-0.1, -0.05) is 27.2 Å².